The number of carbonyl (C=O) groups excluding carboxylic acids is 1. The van der Waals surface area contributed by atoms with Crippen molar-refractivity contribution in [1.29, 1.82) is 0 Å². The number of nitrogens with one attached hydrogen (secondary N) is 1. The maximum atomic E-state index is 12.3. The number of aryl methyl sites for hydroxylation is 1. The first kappa shape index (κ1) is 14.0. The molecule has 0 aliphatic carbocycles. The number of fused-ring (bicyclic) bond motifs is 2. The predicted molar refractivity (Wildman–Crippen MR) is 74.9 cm³/mol. The number of nitrogens with zero attached hydrogens (tertiary/aromatic N) is 4. The first-order chi connectivity index (χ1) is 9.97. The summed E-state index contributed by atoms with van der Waals surface area (Å²) in [6.45, 7) is 0. The van der Waals surface area contributed by atoms with E-state index in [9.17, 15) is 14.9 Å². The van der Waals surface area contributed by atoms with Gasteiger partial charge >= 0.3 is 5.69 Å². The van der Waals surface area contributed by atoms with Gasteiger partial charge in [0.1, 0.15) is 6.20 Å². The van der Waals surface area contributed by atoms with E-state index in [0.29, 0.717) is 12.1 Å². The van der Waals surface area contributed by atoms with Gasteiger partial charge in [0.2, 0.25) is 5.69 Å². The van der Waals surface area contributed by atoms with E-state index < -0.39 is 10.8 Å². The lowest BCUT2D eigenvalue weighted by molar-refractivity contribution is -0.385. The van der Waals surface area contributed by atoms with Crippen LogP contribution >= 0.6 is 0 Å². The van der Waals surface area contributed by atoms with Gasteiger partial charge in [0.15, 0.2) is 0 Å². The van der Waals surface area contributed by atoms with Crippen molar-refractivity contribution in [3.05, 3.63) is 22.0 Å². The van der Waals surface area contributed by atoms with Gasteiger partial charge in [-0.1, -0.05) is 0 Å². The molecule has 0 aromatic carbocycles. The summed E-state index contributed by atoms with van der Waals surface area (Å²) in [7, 11) is 3.67. The molecule has 2 unspecified atom stereocenters. The Morgan fingerprint density at radius 2 is 2.00 bits per heavy atom. The Kier molecular flexibility index (Phi) is 3.40. The highest BCUT2D eigenvalue weighted by Gasteiger charge is 2.39. The minimum Gasteiger partial charge on any atom is -0.348 e. The number of hydrogen-bond donors (Lipinski definition) is 1. The number of hydrogen-bond acceptors (Lipinski definition) is 5. The van der Waals surface area contributed by atoms with Gasteiger partial charge in [-0.2, -0.15) is 5.10 Å². The molecule has 2 saturated heterocycles. The second-order valence-corrected chi connectivity index (χ2v) is 5.95. The van der Waals surface area contributed by atoms with Crippen LogP contribution in [0, 0.1) is 10.1 Å². The van der Waals surface area contributed by atoms with Gasteiger partial charge in [-0.15, -0.1) is 0 Å². The fraction of sp³-hybridized carbons (Fsp3) is 0.692. The van der Waals surface area contributed by atoms with Crippen molar-refractivity contribution in [2.75, 3.05) is 7.05 Å². The summed E-state index contributed by atoms with van der Waals surface area (Å²) >= 11 is 0. The fourth-order valence-corrected chi connectivity index (χ4v) is 3.61. The van der Waals surface area contributed by atoms with Crippen LogP contribution in [0.15, 0.2) is 6.20 Å². The Bertz CT molecular complexity index is 570. The van der Waals surface area contributed by atoms with Gasteiger partial charge in [0, 0.05) is 25.2 Å². The van der Waals surface area contributed by atoms with Gasteiger partial charge in [0.05, 0.1) is 4.92 Å². The van der Waals surface area contributed by atoms with Gasteiger partial charge in [-0.25, -0.2) is 0 Å². The molecule has 2 fully saturated rings. The van der Waals surface area contributed by atoms with Crippen LogP contribution in [0.4, 0.5) is 5.69 Å². The first-order valence-corrected chi connectivity index (χ1v) is 7.16. The molecule has 8 nitrogen and oxygen atoms in total. The van der Waals surface area contributed by atoms with Crippen LogP contribution in [0.5, 0.6) is 0 Å². The SMILES string of the molecule is CN1C2CCC1CC(NC(=O)c1c([N+](=O)[O-])cnn1C)C2. The summed E-state index contributed by atoms with van der Waals surface area (Å²) in [6.07, 6.45) is 5.26. The number of carbonyl (C=O) groups is 1. The lowest BCUT2D eigenvalue weighted by Crippen LogP contribution is -2.49. The molecule has 3 heterocycles. The molecular weight excluding hydrogens is 274 g/mol. The second kappa shape index (κ2) is 5.10. The zero-order chi connectivity index (χ0) is 15.1. The molecule has 0 saturated carbocycles. The van der Waals surface area contributed by atoms with E-state index in [1.54, 1.807) is 7.05 Å². The van der Waals surface area contributed by atoms with Crippen molar-refractivity contribution >= 4 is 11.6 Å². The van der Waals surface area contributed by atoms with E-state index in [2.05, 4.69) is 22.4 Å². The molecule has 114 valence electrons. The molecule has 2 atom stereocenters. The molecule has 2 bridgehead atoms. The van der Waals surface area contributed by atoms with Crippen LogP contribution in [0.3, 0.4) is 0 Å². The van der Waals surface area contributed by atoms with Crippen LogP contribution in [0.25, 0.3) is 0 Å². The summed E-state index contributed by atoms with van der Waals surface area (Å²) < 4.78 is 1.26. The van der Waals surface area contributed by atoms with Crippen molar-refractivity contribution in [3.8, 4) is 0 Å². The van der Waals surface area contributed by atoms with Crippen molar-refractivity contribution < 1.29 is 9.72 Å². The summed E-state index contributed by atoms with van der Waals surface area (Å²) in [5.41, 5.74) is -0.225. The Morgan fingerprint density at radius 1 is 1.38 bits per heavy atom. The average Bonchev–Trinajstić information content (AvgIpc) is 2.88. The van der Waals surface area contributed by atoms with E-state index in [1.807, 2.05) is 0 Å². The third kappa shape index (κ3) is 2.39. The number of aromatic nitrogens is 2. The average molecular weight is 293 g/mol. The summed E-state index contributed by atoms with van der Waals surface area (Å²) in [5.74, 6) is -0.407. The smallest absolute Gasteiger partial charge is 0.320 e. The van der Waals surface area contributed by atoms with Crippen LogP contribution in [-0.2, 0) is 7.05 Å². The minimum absolute atomic E-state index is 0.0197. The van der Waals surface area contributed by atoms with Crippen LogP contribution in [-0.4, -0.2) is 50.7 Å². The monoisotopic (exact) mass is 293 g/mol. The van der Waals surface area contributed by atoms with Crippen LogP contribution < -0.4 is 5.32 Å². The van der Waals surface area contributed by atoms with E-state index in [4.69, 9.17) is 0 Å². The summed E-state index contributed by atoms with van der Waals surface area (Å²) in [5, 5.41) is 17.7. The van der Waals surface area contributed by atoms with Gasteiger partial charge < -0.3 is 10.2 Å². The van der Waals surface area contributed by atoms with Crippen molar-refractivity contribution in [3.63, 3.8) is 0 Å². The Morgan fingerprint density at radius 3 is 2.57 bits per heavy atom. The normalized spacial score (nSPS) is 28.6. The molecule has 1 aromatic rings. The van der Waals surface area contributed by atoms with Crippen molar-refractivity contribution in [2.24, 2.45) is 7.05 Å². The third-order valence-corrected chi connectivity index (χ3v) is 4.76. The second-order valence-electron chi connectivity index (χ2n) is 5.95. The summed E-state index contributed by atoms with van der Waals surface area (Å²) in [4.78, 5) is 25.1. The number of amides is 1. The van der Waals surface area contributed by atoms with Crippen LogP contribution in [0.1, 0.15) is 36.2 Å². The lowest BCUT2D eigenvalue weighted by Gasteiger charge is -2.36. The van der Waals surface area contributed by atoms with Gasteiger partial charge in [0.25, 0.3) is 5.91 Å². The quantitative estimate of drug-likeness (QED) is 0.653. The standard InChI is InChI=1S/C13H19N5O3/c1-16-9-3-4-10(16)6-8(5-9)15-13(19)12-11(18(20)21)7-14-17(12)2/h7-10H,3-6H2,1-2H3,(H,15,19). The number of rotatable bonds is 3. The zero-order valence-electron chi connectivity index (χ0n) is 12.2. The Hall–Kier alpha value is -1.96. The number of piperidine rings is 1. The lowest BCUT2D eigenvalue weighted by atomic mass is 9.98. The topological polar surface area (TPSA) is 93.3 Å². The van der Waals surface area contributed by atoms with E-state index in [-0.39, 0.29) is 17.4 Å². The molecule has 8 heteroatoms. The molecule has 1 amide bonds. The molecule has 3 rings (SSSR count). The van der Waals surface area contributed by atoms with Gasteiger partial charge in [-0.3, -0.25) is 19.6 Å². The Balaban J connectivity index is 1.73. The van der Waals surface area contributed by atoms with Gasteiger partial charge in [-0.05, 0) is 32.7 Å². The Labute approximate surface area is 122 Å². The first-order valence-electron chi connectivity index (χ1n) is 7.16. The molecule has 1 N–H and O–H groups in total. The summed E-state index contributed by atoms with van der Waals surface area (Å²) in [6, 6.07) is 1.10. The maximum absolute atomic E-state index is 12.3. The van der Waals surface area contributed by atoms with E-state index in [1.165, 1.54) is 17.5 Å². The predicted octanol–water partition coefficient (Wildman–Crippen LogP) is 0.683. The highest BCUT2D eigenvalue weighted by Crippen LogP contribution is 2.34. The van der Waals surface area contributed by atoms with E-state index >= 15 is 0 Å². The third-order valence-electron chi connectivity index (χ3n) is 4.76. The zero-order valence-corrected chi connectivity index (χ0v) is 12.2. The van der Waals surface area contributed by atoms with Crippen LogP contribution in [0.2, 0.25) is 0 Å². The number of nitro groups is 1. The van der Waals surface area contributed by atoms with Crippen molar-refractivity contribution in [2.45, 2.75) is 43.8 Å². The maximum Gasteiger partial charge on any atom is 0.320 e. The molecule has 0 radical (unpaired) electrons. The minimum atomic E-state index is -0.569. The molecule has 2 aliphatic rings. The molecule has 1 aromatic heterocycles. The molecule has 0 spiro atoms. The van der Waals surface area contributed by atoms with E-state index in [0.717, 1.165) is 19.0 Å². The molecule has 2 aliphatic heterocycles. The highest BCUT2D eigenvalue weighted by atomic mass is 16.6. The van der Waals surface area contributed by atoms with Crippen molar-refractivity contribution in [1.82, 2.24) is 20.0 Å². The molecule has 21 heavy (non-hydrogen) atoms. The highest BCUT2D eigenvalue weighted by molar-refractivity contribution is 5.96. The molecular formula is C13H19N5O3. The largest absolute Gasteiger partial charge is 0.348 e. The fourth-order valence-electron chi connectivity index (χ4n) is 3.61.